The van der Waals surface area contributed by atoms with Gasteiger partial charge >= 0.3 is 0 Å². The van der Waals surface area contributed by atoms with Crippen molar-refractivity contribution in [2.45, 2.75) is 18.3 Å². The Morgan fingerprint density at radius 3 is 2.77 bits per heavy atom. The normalized spacial score (nSPS) is 14.9. The third-order valence-corrected chi connectivity index (χ3v) is 4.68. The molecule has 0 aliphatic heterocycles. The Hall–Kier alpha value is -3.73. The van der Waals surface area contributed by atoms with Crippen molar-refractivity contribution in [1.82, 2.24) is 29.8 Å². The number of benzene rings is 1. The molecule has 4 aromatic rings. The van der Waals surface area contributed by atoms with Gasteiger partial charge in [0.15, 0.2) is 5.65 Å². The summed E-state index contributed by atoms with van der Waals surface area (Å²) in [5.74, 6) is 0.483. The summed E-state index contributed by atoms with van der Waals surface area (Å²) >= 11 is 0. The van der Waals surface area contributed by atoms with Crippen molar-refractivity contribution in [1.29, 1.82) is 5.26 Å². The monoisotopic (exact) mass is 342 g/mol. The fourth-order valence-corrected chi connectivity index (χ4v) is 3.05. The first-order chi connectivity index (χ1) is 12.8. The van der Waals surface area contributed by atoms with Crippen LogP contribution in [0.15, 0.2) is 49.1 Å². The van der Waals surface area contributed by atoms with Gasteiger partial charge in [-0.05, 0) is 30.5 Å². The third kappa shape index (κ3) is 2.29. The molecule has 1 saturated carbocycles. The zero-order chi connectivity index (χ0) is 17.6. The highest BCUT2D eigenvalue weighted by Crippen LogP contribution is 2.47. The number of aromatic amines is 1. The van der Waals surface area contributed by atoms with E-state index in [4.69, 9.17) is 0 Å². The van der Waals surface area contributed by atoms with Gasteiger partial charge in [0.1, 0.15) is 5.69 Å². The molecular weight excluding hydrogens is 328 g/mol. The molecule has 8 heteroatoms. The number of H-pyrrole nitrogens is 1. The van der Waals surface area contributed by atoms with Crippen molar-refractivity contribution in [2.24, 2.45) is 0 Å². The predicted octanol–water partition coefficient (Wildman–Crippen LogP) is 2.81. The molecule has 5 rings (SSSR count). The van der Waals surface area contributed by atoms with Gasteiger partial charge in [-0.1, -0.05) is 12.1 Å². The zero-order valence-corrected chi connectivity index (χ0v) is 13.7. The minimum absolute atomic E-state index is 0.273. The zero-order valence-electron chi connectivity index (χ0n) is 13.7. The molecule has 2 N–H and O–H groups in total. The van der Waals surface area contributed by atoms with Gasteiger partial charge in [0.2, 0.25) is 5.95 Å². The second-order valence-electron chi connectivity index (χ2n) is 6.36. The smallest absolute Gasteiger partial charge is 0.247 e. The number of nitrogens with zero attached hydrogens (tertiary/aromatic N) is 6. The Balaban J connectivity index is 1.45. The van der Waals surface area contributed by atoms with Crippen LogP contribution in [-0.2, 0) is 5.41 Å². The summed E-state index contributed by atoms with van der Waals surface area (Å²) in [4.78, 5) is 8.93. The average Bonchev–Trinajstić information content (AvgIpc) is 3.08. The van der Waals surface area contributed by atoms with Gasteiger partial charge in [0, 0.05) is 29.8 Å². The summed E-state index contributed by atoms with van der Waals surface area (Å²) in [5.41, 5.74) is 3.88. The van der Waals surface area contributed by atoms with Crippen LogP contribution in [0.2, 0.25) is 0 Å². The number of anilines is 2. The average molecular weight is 342 g/mol. The van der Waals surface area contributed by atoms with Crippen LogP contribution in [0.4, 0.5) is 11.6 Å². The second-order valence-corrected chi connectivity index (χ2v) is 6.36. The van der Waals surface area contributed by atoms with Gasteiger partial charge < -0.3 is 5.32 Å². The predicted molar refractivity (Wildman–Crippen MR) is 94.6 cm³/mol. The maximum absolute atomic E-state index is 9.30. The van der Waals surface area contributed by atoms with Crippen molar-refractivity contribution in [2.75, 3.05) is 5.32 Å². The Morgan fingerprint density at radius 2 is 2.08 bits per heavy atom. The lowest BCUT2D eigenvalue weighted by molar-refractivity contribution is 0.908. The summed E-state index contributed by atoms with van der Waals surface area (Å²) in [5, 5.41) is 23.7. The standard InChI is InChI=1S/C18H14N8/c19-11-18(5-6-18)13-1-3-14(4-2-13)23-17-24-16-15(12-9-21-22-10-12)20-7-8-26(16)25-17/h1-4,7-10H,5-6H2,(H,21,22)(H,23,25). The van der Waals surface area contributed by atoms with Crippen LogP contribution < -0.4 is 5.32 Å². The summed E-state index contributed by atoms with van der Waals surface area (Å²) in [6, 6.07) is 10.3. The van der Waals surface area contributed by atoms with E-state index in [1.54, 1.807) is 29.3 Å². The van der Waals surface area contributed by atoms with Crippen LogP contribution >= 0.6 is 0 Å². The van der Waals surface area contributed by atoms with Crippen LogP contribution in [0.3, 0.4) is 0 Å². The summed E-state index contributed by atoms with van der Waals surface area (Å²) in [7, 11) is 0. The third-order valence-electron chi connectivity index (χ3n) is 4.68. The van der Waals surface area contributed by atoms with Crippen molar-refractivity contribution in [3.63, 3.8) is 0 Å². The van der Waals surface area contributed by atoms with Gasteiger partial charge in [-0.15, -0.1) is 5.10 Å². The molecule has 8 nitrogen and oxygen atoms in total. The maximum Gasteiger partial charge on any atom is 0.247 e. The van der Waals surface area contributed by atoms with E-state index < -0.39 is 0 Å². The Bertz CT molecular complexity index is 1110. The van der Waals surface area contributed by atoms with Crippen molar-refractivity contribution >= 4 is 17.3 Å². The topological polar surface area (TPSA) is 108 Å². The van der Waals surface area contributed by atoms with Crippen molar-refractivity contribution in [3.05, 3.63) is 54.6 Å². The van der Waals surface area contributed by atoms with Crippen LogP contribution in [0.25, 0.3) is 16.9 Å². The fraction of sp³-hybridized carbons (Fsp3) is 0.167. The summed E-state index contributed by atoms with van der Waals surface area (Å²) < 4.78 is 1.68. The number of nitriles is 1. The van der Waals surface area contributed by atoms with Gasteiger partial charge in [0.05, 0.1) is 17.7 Å². The van der Waals surface area contributed by atoms with Gasteiger partial charge in [0.25, 0.3) is 0 Å². The number of nitrogens with one attached hydrogen (secondary N) is 2. The number of hydrogen-bond donors (Lipinski definition) is 2. The van der Waals surface area contributed by atoms with Crippen molar-refractivity contribution in [3.8, 4) is 17.3 Å². The Kier molecular flexibility index (Phi) is 3.03. The second kappa shape index (κ2) is 5.39. The largest absolute Gasteiger partial charge is 0.323 e. The molecule has 1 aromatic carbocycles. The van der Waals surface area contributed by atoms with Crippen molar-refractivity contribution < 1.29 is 0 Å². The maximum atomic E-state index is 9.30. The molecule has 126 valence electrons. The summed E-state index contributed by atoms with van der Waals surface area (Å²) in [6.45, 7) is 0. The molecule has 1 aliphatic carbocycles. The van der Waals surface area contributed by atoms with E-state index in [0.717, 1.165) is 29.7 Å². The molecule has 0 atom stereocenters. The lowest BCUT2D eigenvalue weighted by Gasteiger charge is -2.07. The quantitative estimate of drug-likeness (QED) is 0.590. The molecule has 0 radical (unpaired) electrons. The van der Waals surface area contributed by atoms with Gasteiger partial charge in [-0.3, -0.25) is 10.1 Å². The number of fused-ring (bicyclic) bond motifs is 1. The van der Waals surface area contributed by atoms with Crippen LogP contribution in [-0.4, -0.2) is 29.8 Å². The number of rotatable bonds is 4. The Labute approximate surface area is 148 Å². The first-order valence-electron chi connectivity index (χ1n) is 8.27. The molecule has 1 fully saturated rings. The fourth-order valence-electron chi connectivity index (χ4n) is 3.05. The number of hydrogen-bond acceptors (Lipinski definition) is 6. The number of aromatic nitrogens is 6. The molecule has 26 heavy (non-hydrogen) atoms. The van der Waals surface area contributed by atoms with E-state index in [1.165, 1.54) is 0 Å². The molecular formula is C18H14N8. The summed E-state index contributed by atoms with van der Waals surface area (Å²) in [6.07, 6.45) is 8.78. The SMILES string of the molecule is N#CC1(c2ccc(Nc3nc4c(-c5cn[nH]c5)nccn4n3)cc2)CC1. The highest BCUT2D eigenvalue weighted by Gasteiger charge is 2.44. The first-order valence-corrected chi connectivity index (χ1v) is 8.27. The van der Waals surface area contributed by atoms with E-state index in [0.29, 0.717) is 17.3 Å². The van der Waals surface area contributed by atoms with E-state index in [2.05, 4.69) is 36.7 Å². The highest BCUT2D eigenvalue weighted by atomic mass is 15.4. The molecule has 0 bridgehead atoms. The molecule has 0 amide bonds. The molecule has 0 unspecified atom stereocenters. The molecule has 1 aliphatic rings. The van der Waals surface area contributed by atoms with E-state index >= 15 is 0 Å². The van der Waals surface area contributed by atoms with Crippen LogP contribution in [0, 0.1) is 11.3 Å². The highest BCUT2D eigenvalue weighted by molar-refractivity contribution is 5.73. The minimum atomic E-state index is -0.273. The lowest BCUT2D eigenvalue weighted by atomic mass is 9.98. The molecule has 0 saturated heterocycles. The molecule has 3 aromatic heterocycles. The van der Waals surface area contributed by atoms with Gasteiger partial charge in [-0.2, -0.15) is 15.3 Å². The lowest BCUT2D eigenvalue weighted by Crippen LogP contribution is -2.02. The van der Waals surface area contributed by atoms with E-state index in [1.807, 2.05) is 24.3 Å². The molecule has 3 heterocycles. The first kappa shape index (κ1) is 14.6. The van der Waals surface area contributed by atoms with Gasteiger partial charge in [-0.25, -0.2) is 4.52 Å². The van der Waals surface area contributed by atoms with Crippen LogP contribution in [0.5, 0.6) is 0 Å². The van der Waals surface area contributed by atoms with E-state index in [-0.39, 0.29) is 5.41 Å². The molecule has 0 spiro atoms. The Morgan fingerprint density at radius 1 is 1.23 bits per heavy atom. The van der Waals surface area contributed by atoms with Crippen LogP contribution in [0.1, 0.15) is 18.4 Å². The minimum Gasteiger partial charge on any atom is -0.323 e. The van der Waals surface area contributed by atoms with E-state index in [9.17, 15) is 5.26 Å².